The van der Waals surface area contributed by atoms with E-state index in [0.717, 1.165) is 69.1 Å². The Bertz CT molecular complexity index is 1680. The molecule has 232 valence electrons. The third-order valence-electron chi connectivity index (χ3n) is 9.59. The number of benzene rings is 3. The lowest BCUT2D eigenvalue weighted by atomic mass is 9.96. The molecule has 2 unspecified atom stereocenters. The number of nitrogens with one attached hydrogen (secondary N) is 1. The minimum atomic E-state index is -0.551. The molecule has 4 aromatic rings. The Kier molecular flexibility index (Phi) is 8.22. The van der Waals surface area contributed by atoms with E-state index in [2.05, 4.69) is 27.0 Å². The number of anilines is 1. The molecule has 0 amide bonds. The fourth-order valence-electron chi connectivity index (χ4n) is 7.34. The number of methoxy groups -OCH3 is 1. The largest absolute Gasteiger partial charge is 0.508 e. The first-order valence-corrected chi connectivity index (χ1v) is 16.1. The van der Waals surface area contributed by atoms with Crippen molar-refractivity contribution in [2.45, 2.75) is 63.3 Å². The van der Waals surface area contributed by atoms with E-state index in [1.54, 1.807) is 25.3 Å². The van der Waals surface area contributed by atoms with E-state index in [4.69, 9.17) is 26.1 Å². The number of hydrogen-bond donors (Lipinski definition) is 2. The summed E-state index contributed by atoms with van der Waals surface area (Å²) in [6.45, 7) is 6.11. The van der Waals surface area contributed by atoms with Crippen LogP contribution in [0.1, 0.15) is 39.0 Å². The summed E-state index contributed by atoms with van der Waals surface area (Å²) in [6.07, 6.45) is 5.41. The Hall–Kier alpha value is -3.24. The van der Waals surface area contributed by atoms with E-state index in [9.17, 15) is 5.11 Å². The van der Waals surface area contributed by atoms with Gasteiger partial charge in [0.25, 0.3) is 0 Å². The minimum absolute atomic E-state index is 0.0405. The molecular formula is C34H39ClFN5O3. The third kappa shape index (κ3) is 5.67. The van der Waals surface area contributed by atoms with Gasteiger partial charge in [0, 0.05) is 62.4 Å². The number of fused-ring (bicyclic) bond motifs is 4. The number of phenolic OH excluding ortho intramolecular Hbond substituents is 1. The second-order valence-corrected chi connectivity index (χ2v) is 12.9. The molecule has 8 nitrogen and oxygen atoms in total. The molecule has 3 aliphatic rings. The lowest BCUT2D eigenvalue weighted by molar-refractivity contribution is 0.0145. The van der Waals surface area contributed by atoms with Crippen LogP contribution in [0, 0.1) is 5.82 Å². The van der Waals surface area contributed by atoms with Gasteiger partial charge in [0.05, 0.1) is 17.7 Å². The number of phenols is 1. The van der Waals surface area contributed by atoms with Crippen molar-refractivity contribution in [2.24, 2.45) is 0 Å². The van der Waals surface area contributed by atoms with Crippen LogP contribution in [0.25, 0.3) is 32.8 Å². The van der Waals surface area contributed by atoms with Gasteiger partial charge in [-0.3, -0.25) is 0 Å². The average molecular weight is 620 g/mol. The molecule has 0 spiro atoms. The zero-order valence-electron chi connectivity index (χ0n) is 25.2. The number of nitrogens with zero attached hydrogens (tertiary/aromatic N) is 4. The van der Waals surface area contributed by atoms with Crippen molar-refractivity contribution in [1.82, 2.24) is 20.2 Å². The highest BCUT2D eigenvalue weighted by atomic mass is 35.5. The normalized spacial score (nSPS) is 24.0. The van der Waals surface area contributed by atoms with E-state index in [1.165, 1.54) is 0 Å². The first kappa shape index (κ1) is 29.5. The van der Waals surface area contributed by atoms with Crippen LogP contribution in [0.5, 0.6) is 11.8 Å². The summed E-state index contributed by atoms with van der Waals surface area (Å²) in [4.78, 5) is 14.2. The zero-order chi connectivity index (χ0) is 30.4. The molecule has 3 aliphatic heterocycles. The van der Waals surface area contributed by atoms with Crippen molar-refractivity contribution in [2.75, 3.05) is 44.8 Å². The highest BCUT2D eigenvalue weighted by Crippen LogP contribution is 2.43. The number of aromatic hydroxyl groups is 1. The maximum atomic E-state index is 16.7. The Morgan fingerprint density at radius 3 is 2.64 bits per heavy atom. The van der Waals surface area contributed by atoms with Crippen LogP contribution in [-0.2, 0) is 4.74 Å². The standard InChI is InChI=1S/C34H39ClFN5O3/c1-20-14-25(43-2)10-12-40(20)11-5-13-44-34-38-32-28(33(39-34)41-18-22-8-9-23(19-41)37-22)17-29(35)30(31(32)36)27-16-24(42)15-21-6-3-4-7-26(21)27/h3-4,6-7,15-17,20,22-23,25,37,42H,5,8-14,18-19H2,1-2H3/t20-,22?,23?,25+/m1/s1. The van der Waals surface area contributed by atoms with Gasteiger partial charge in [0.1, 0.15) is 17.1 Å². The number of hydrogen-bond acceptors (Lipinski definition) is 8. The summed E-state index contributed by atoms with van der Waals surface area (Å²) in [7, 11) is 1.79. The second-order valence-electron chi connectivity index (χ2n) is 12.5. The van der Waals surface area contributed by atoms with E-state index in [0.29, 0.717) is 47.6 Å². The van der Waals surface area contributed by atoms with Crippen LogP contribution < -0.4 is 15.0 Å². The Labute approximate surface area is 262 Å². The molecule has 0 saturated carbocycles. The summed E-state index contributed by atoms with van der Waals surface area (Å²) >= 11 is 6.87. The van der Waals surface area contributed by atoms with Crippen molar-refractivity contribution in [3.05, 3.63) is 53.3 Å². The highest BCUT2D eigenvalue weighted by Gasteiger charge is 2.34. The van der Waals surface area contributed by atoms with Crippen molar-refractivity contribution < 1.29 is 19.0 Å². The molecule has 1 aromatic heterocycles. The van der Waals surface area contributed by atoms with Gasteiger partial charge in [-0.2, -0.15) is 9.97 Å². The number of rotatable bonds is 8. The molecule has 4 heterocycles. The Balaban J connectivity index is 1.23. The predicted molar refractivity (Wildman–Crippen MR) is 172 cm³/mol. The van der Waals surface area contributed by atoms with E-state index in [-0.39, 0.29) is 27.9 Å². The lowest BCUT2D eigenvalue weighted by Crippen LogP contribution is -2.51. The summed E-state index contributed by atoms with van der Waals surface area (Å²) < 4.78 is 28.5. The van der Waals surface area contributed by atoms with Gasteiger partial charge < -0.3 is 29.7 Å². The van der Waals surface area contributed by atoms with Gasteiger partial charge in [-0.05, 0) is 73.6 Å². The molecule has 10 heteroatoms. The number of aromatic nitrogens is 2. The molecule has 0 radical (unpaired) electrons. The summed E-state index contributed by atoms with van der Waals surface area (Å²) in [5.41, 5.74) is 0.882. The molecule has 3 fully saturated rings. The number of piperidine rings is 1. The van der Waals surface area contributed by atoms with Crippen LogP contribution >= 0.6 is 11.6 Å². The predicted octanol–water partition coefficient (Wildman–Crippen LogP) is 6.16. The zero-order valence-corrected chi connectivity index (χ0v) is 26.0. The molecule has 0 aliphatic carbocycles. The van der Waals surface area contributed by atoms with Gasteiger partial charge in [-0.1, -0.05) is 35.9 Å². The van der Waals surface area contributed by atoms with Gasteiger partial charge in [-0.25, -0.2) is 4.39 Å². The number of likely N-dealkylation sites (tertiary alicyclic amines) is 1. The first-order valence-electron chi connectivity index (χ1n) is 15.7. The number of ether oxygens (including phenoxy) is 2. The Morgan fingerprint density at radius 2 is 1.86 bits per heavy atom. The molecule has 2 N–H and O–H groups in total. The molecule has 3 saturated heterocycles. The second kappa shape index (κ2) is 12.3. The highest BCUT2D eigenvalue weighted by molar-refractivity contribution is 6.35. The average Bonchev–Trinajstić information content (AvgIpc) is 3.36. The fourth-order valence-corrected chi connectivity index (χ4v) is 7.63. The fraction of sp³-hybridized carbons (Fsp3) is 0.471. The molecule has 3 aromatic carbocycles. The summed E-state index contributed by atoms with van der Waals surface area (Å²) in [5.74, 6) is 0.134. The summed E-state index contributed by atoms with van der Waals surface area (Å²) in [5, 5.41) is 16.6. The van der Waals surface area contributed by atoms with Crippen molar-refractivity contribution in [3.63, 3.8) is 0 Å². The minimum Gasteiger partial charge on any atom is -0.508 e. The third-order valence-corrected chi connectivity index (χ3v) is 9.89. The van der Waals surface area contributed by atoms with Gasteiger partial charge in [0.2, 0.25) is 0 Å². The topological polar surface area (TPSA) is 83.0 Å². The lowest BCUT2D eigenvalue weighted by Gasteiger charge is -2.37. The van der Waals surface area contributed by atoms with Gasteiger partial charge >= 0.3 is 6.01 Å². The van der Waals surface area contributed by atoms with Crippen LogP contribution in [0.2, 0.25) is 5.02 Å². The van der Waals surface area contributed by atoms with E-state index >= 15 is 4.39 Å². The van der Waals surface area contributed by atoms with Gasteiger partial charge in [-0.15, -0.1) is 0 Å². The maximum Gasteiger partial charge on any atom is 0.319 e. The monoisotopic (exact) mass is 619 g/mol. The SMILES string of the molecule is CO[C@H]1CCN(CCCOc2nc(N3CC4CCC(C3)N4)c3cc(Cl)c(-c4cc(O)cc5ccccc45)c(F)c3n2)[C@H](C)C1. The number of piperazine rings is 1. The van der Waals surface area contributed by atoms with Crippen LogP contribution in [0.4, 0.5) is 10.2 Å². The van der Waals surface area contributed by atoms with E-state index < -0.39 is 5.82 Å². The van der Waals surface area contributed by atoms with E-state index in [1.807, 2.05) is 24.3 Å². The van der Waals surface area contributed by atoms with Crippen molar-refractivity contribution in [1.29, 1.82) is 0 Å². The smallest absolute Gasteiger partial charge is 0.319 e. The first-order chi connectivity index (χ1) is 21.4. The van der Waals surface area contributed by atoms with Crippen molar-refractivity contribution >= 4 is 39.1 Å². The Morgan fingerprint density at radius 1 is 1.07 bits per heavy atom. The molecular weight excluding hydrogens is 581 g/mol. The quantitative estimate of drug-likeness (QED) is 0.227. The molecule has 7 rings (SSSR count). The maximum absolute atomic E-state index is 16.7. The van der Waals surface area contributed by atoms with Crippen molar-refractivity contribution in [3.8, 4) is 22.9 Å². The van der Waals surface area contributed by atoms with Gasteiger partial charge in [0.15, 0.2) is 5.82 Å². The van der Waals surface area contributed by atoms with Crippen LogP contribution in [0.3, 0.4) is 0 Å². The van der Waals surface area contributed by atoms with Crippen LogP contribution in [-0.4, -0.2) is 84.1 Å². The molecule has 2 bridgehead atoms. The summed E-state index contributed by atoms with van der Waals surface area (Å²) in [6, 6.07) is 13.9. The molecule has 44 heavy (non-hydrogen) atoms. The number of halogens is 2. The molecule has 4 atom stereocenters. The van der Waals surface area contributed by atoms with Crippen LogP contribution in [0.15, 0.2) is 42.5 Å².